The number of nitrogens with zero attached hydrogens (tertiary/aromatic N) is 1. The smallest absolute Gasteiger partial charge is 0.416 e. The van der Waals surface area contributed by atoms with Crippen LogP contribution in [0.5, 0.6) is 5.75 Å². The Kier molecular flexibility index (Phi) is 5.15. The minimum absolute atomic E-state index is 0.344. The minimum Gasteiger partial charge on any atom is -0.497 e. The fourth-order valence-corrected chi connectivity index (χ4v) is 4.52. The number of amides is 1. The third kappa shape index (κ3) is 3.86. The van der Waals surface area contributed by atoms with E-state index in [1.165, 1.54) is 12.1 Å². The lowest BCUT2D eigenvalue weighted by Crippen LogP contribution is -2.38. The van der Waals surface area contributed by atoms with Gasteiger partial charge in [0, 0.05) is 17.8 Å². The van der Waals surface area contributed by atoms with Gasteiger partial charge in [0.1, 0.15) is 11.8 Å². The van der Waals surface area contributed by atoms with E-state index < -0.39 is 36.0 Å². The highest BCUT2D eigenvalue weighted by Crippen LogP contribution is 2.49. The Hall–Kier alpha value is -3.68. The van der Waals surface area contributed by atoms with Crippen LogP contribution in [0.2, 0.25) is 0 Å². The van der Waals surface area contributed by atoms with E-state index in [2.05, 4.69) is 5.32 Å². The number of carbonyl (C=O) groups excluding carboxylic acids is 1. The van der Waals surface area contributed by atoms with Gasteiger partial charge in [0.25, 0.3) is 0 Å². The lowest BCUT2D eigenvalue weighted by Gasteiger charge is -2.37. The molecule has 0 saturated carbocycles. The molecule has 3 aromatic carbocycles. The Bertz CT molecular complexity index is 1170. The van der Waals surface area contributed by atoms with E-state index in [-0.39, 0.29) is 0 Å². The van der Waals surface area contributed by atoms with Crippen LogP contribution in [0.3, 0.4) is 0 Å². The molecule has 0 aromatic heterocycles. The maximum absolute atomic E-state index is 13.1. The molecule has 3 aromatic rings. The molecular formula is C25H21F3N2O3. The Labute approximate surface area is 188 Å². The first-order valence-electron chi connectivity index (χ1n) is 10.5. The predicted molar refractivity (Wildman–Crippen MR) is 116 cm³/mol. The van der Waals surface area contributed by atoms with E-state index >= 15 is 0 Å². The molecule has 0 aliphatic carbocycles. The standard InChI is InChI=1S/C25H21F3N2O3/c1-32-18-11-12-20-19(13-18)22-23(33-24(31)30(22)14-15-5-3-2-4-6-15)21(29-20)16-7-9-17(10-8-16)25(26,27)28/h2-13,21-23,29H,14H2,1H3/t21-,22+,23-/m1/s1. The highest BCUT2D eigenvalue weighted by Gasteiger charge is 2.50. The Morgan fingerprint density at radius 2 is 1.76 bits per heavy atom. The second-order valence-corrected chi connectivity index (χ2v) is 8.10. The molecule has 0 bridgehead atoms. The number of nitrogens with one attached hydrogen (secondary N) is 1. The third-order valence-electron chi connectivity index (χ3n) is 6.13. The number of benzene rings is 3. The fourth-order valence-electron chi connectivity index (χ4n) is 4.52. The normalized spacial score (nSPS) is 21.6. The van der Waals surface area contributed by atoms with Crippen molar-refractivity contribution in [1.29, 1.82) is 0 Å². The Balaban J connectivity index is 1.56. The largest absolute Gasteiger partial charge is 0.497 e. The van der Waals surface area contributed by atoms with E-state index in [1.54, 1.807) is 18.1 Å². The number of halogens is 3. The lowest BCUT2D eigenvalue weighted by atomic mass is 9.86. The number of anilines is 1. The average Bonchev–Trinajstić information content (AvgIpc) is 3.14. The van der Waals surface area contributed by atoms with Crippen LogP contribution in [-0.2, 0) is 17.5 Å². The molecule has 170 valence electrons. The van der Waals surface area contributed by atoms with Gasteiger partial charge in [-0.2, -0.15) is 13.2 Å². The summed E-state index contributed by atoms with van der Waals surface area (Å²) in [5.74, 6) is 0.640. The van der Waals surface area contributed by atoms with Gasteiger partial charge in [-0.3, -0.25) is 4.90 Å². The number of hydrogen-bond acceptors (Lipinski definition) is 4. The molecule has 2 aliphatic rings. The molecule has 33 heavy (non-hydrogen) atoms. The van der Waals surface area contributed by atoms with Crippen molar-refractivity contribution in [3.8, 4) is 5.75 Å². The summed E-state index contributed by atoms with van der Waals surface area (Å²) in [5.41, 5.74) is 2.44. The van der Waals surface area contributed by atoms with Gasteiger partial charge in [-0.1, -0.05) is 42.5 Å². The molecule has 5 nitrogen and oxygen atoms in total. The van der Waals surface area contributed by atoms with Gasteiger partial charge in [-0.15, -0.1) is 0 Å². The summed E-state index contributed by atoms with van der Waals surface area (Å²) in [6, 6.07) is 19.1. The van der Waals surface area contributed by atoms with Crippen LogP contribution >= 0.6 is 0 Å². The summed E-state index contributed by atoms with van der Waals surface area (Å²) < 4.78 is 50.3. The van der Waals surface area contributed by atoms with Crippen molar-refractivity contribution in [2.24, 2.45) is 0 Å². The number of ether oxygens (including phenoxy) is 2. The first-order valence-corrected chi connectivity index (χ1v) is 10.5. The number of hydrogen-bond donors (Lipinski definition) is 1. The summed E-state index contributed by atoms with van der Waals surface area (Å²) in [5, 5.41) is 3.36. The number of alkyl halides is 3. The summed E-state index contributed by atoms with van der Waals surface area (Å²) in [6.45, 7) is 0.344. The monoisotopic (exact) mass is 454 g/mol. The van der Waals surface area contributed by atoms with Crippen LogP contribution in [0.1, 0.15) is 34.3 Å². The molecular weight excluding hydrogens is 433 g/mol. The SMILES string of the molecule is COc1ccc2c(c1)[C@H]1[C@H](OC(=O)N1Cc1ccccc1)[C@@H](c1ccc(C(F)(F)F)cc1)N2. The van der Waals surface area contributed by atoms with Gasteiger partial charge in [-0.05, 0) is 41.5 Å². The van der Waals surface area contributed by atoms with Crippen molar-refractivity contribution in [2.45, 2.75) is 30.9 Å². The molecule has 0 radical (unpaired) electrons. The molecule has 0 spiro atoms. The summed E-state index contributed by atoms with van der Waals surface area (Å²) >= 11 is 0. The predicted octanol–water partition coefficient (Wildman–Crippen LogP) is 5.94. The molecule has 3 atom stereocenters. The van der Waals surface area contributed by atoms with Crippen molar-refractivity contribution in [3.05, 3.63) is 95.1 Å². The second kappa shape index (κ2) is 8.03. The van der Waals surface area contributed by atoms with E-state index in [0.29, 0.717) is 17.9 Å². The van der Waals surface area contributed by atoms with E-state index in [9.17, 15) is 18.0 Å². The number of fused-ring (bicyclic) bond motifs is 3. The molecule has 1 N–H and O–H groups in total. The second-order valence-electron chi connectivity index (χ2n) is 8.10. The molecule has 8 heteroatoms. The third-order valence-corrected chi connectivity index (χ3v) is 6.13. The van der Waals surface area contributed by atoms with Gasteiger partial charge in [0.15, 0.2) is 6.10 Å². The van der Waals surface area contributed by atoms with Crippen molar-refractivity contribution in [1.82, 2.24) is 4.90 Å². The molecule has 5 rings (SSSR count). The first-order chi connectivity index (χ1) is 15.8. The molecule has 1 fully saturated rings. The maximum atomic E-state index is 13.1. The Morgan fingerprint density at radius 1 is 1.03 bits per heavy atom. The van der Waals surface area contributed by atoms with Crippen LogP contribution < -0.4 is 10.1 Å². The first kappa shape index (κ1) is 21.2. The van der Waals surface area contributed by atoms with Crippen LogP contribution in [0.15, 0.2) is 72.8 Å². The lowest BCUT2D eigenvalue weighted by molar-refractivity contribution is -0.137. The van der Waals surface area contributed by atoms with Crippen molar-refractivity contribution in [3.63, 3.8) is 0 Å². The number of rotatable bonds is 4. The highest BCUT2D eigenvalue weighted by atomic mass is 19.4. The molecule has 1 saturated heterocycles. The topological polar surface area (TPSA) is 50.8 Å². The van der Waals surface area contributed by atoms with Gasteiger partial charge in [0.05, 0.1) is 18.7 Å². The zero-order valence-corrected chi connectivity index (χ0v) is 17.7. The fraction of sp³-hybridized carbons (Fsp3) is 0.240. The quantitative estimate of drug-likeness (QED) is 0.530. The van der Waals surface area contributed by atoms with Crippen molar-refractivity contribution >= 4 is 11.8 Å². The number of carbonyl (C=O) groups is 1. The maximum Gasteiger partial charge on any atom is 0.416 e. The van der Waals surface area contributed by atoms with Crippen LogP contribution in [-0.4, -0.2) is 24.2 Å². The van der Waals surface area contributed by atoms with Crippen LogP contribution in [0.25, 0.3) is 0 Å². The average molecular weight is 454 g/mol. The molecule has 2 heterocycles. The summed E-state index contributed by atoms with van der Waals surface area (Å²) in [6.07, 6.45) is -5.52. The number of methoxy groups -OCH3 is 1. The van der Waals surface area contributed by atoms with Gasteiger partial charge >= 0.3 is 12.3 Å². The summed E-state index contributed by atoms with van der Waals surface area (Å²) in [7, 11) is 1.57. The molecule has 2 aliphatic heterocycles. The van der Waals surface area contributed by atoms with Gasteiger partial charge in [-0.25, -0.2) is 4.79 Å². The Morgan fingerprint density at radius 3 is 2.42 bits per heavy atom. The van der Waals surface area contributed by atoms with E-state index in [1.807, 2.05) is 42.5 Å². The summed E-state index contributed by atoms with van der Waals surface area (Å²) in [4.78, 5) is 14.6. The van der Waals surface area contributed by atoms with Crippen molar-refractivity contribution in [2.75, 3.05) is 12.4 Å². The zero-order chi connectivity index (χ0) is 23.2. The minimum atomic E-state index is -4.42. The molecule has 1 amide bonds. The zero-order valence-electron chi connectivity index (χ0n) is 17.7. The van der Waals surface area contributed by atoms with Crippen molar-refractivity contribution < 1.29 is 27.4 Å². The van der Waals surface area contributed by atoms with Gasteiger partial charge in [0.2, 0.25) is 0 Å². The van der Waals surface area contributed by atoms with E-state index in [4.69, 9.17) is 9.47 Å². The van der Waals surface area contributed by atoms with Crippen LogP contribution in [0.4, 0.5) is 23.7 Å². The van der Waals surface area contributed by atoms with Gasteiger partial charge < -0.3 is 14.8 Å². The highest BCUT2D eigenvalue weighted by molar-refractivity contribution is 5.74. The van der Waals surface area contributed by atoms with E-state index in [0.717, 1.165) is 28.9 Å². The molecule has 0 unspecified atom stereocenters. The van der Waals surface area contributed by atoms with Crippen LogP contribution in [0, 0.1) is 0 Å².